The van der Waals surface area contributed by atoms with E-state index in [9.17, 15) is 4.21 Å². The molecule has 1 atom stereocenters. The third kappa shape index (κ3) is 2.62. The summed E-state index contributed by atoms with van der Waals surface area (Å²) in [6.07, 6.45) is 0. The van der Waals surface area contributed by atoms with Crippen LogP contribution in [0.4, 0.5) is 5.69 Å². The van der Waals surface area contributed by atoms with Crippen molar-refractivity contribution >= 4 is 16.5 Å². The molecule has 0 bridgehead atoms. The fourth-order valence-electron chi connectivity index (χ4n) is 1.87. The number of nitrogen functional groups attached to an aromatic ring is 1. The number of nitrogens with two attached hydrogens (primary N) is 1. The SMILES string of the molecule is Cc1ccccc1CS(=O)c1cccc(N)c1C. The zero-order valence-corrected chi connectivity index (χ0v) is 11.5. The van der Waals surface area contributed by atoms with E-state index < -0.39 is 10.8 Å². The molecule has 0 spiro atoms. The predicted molar refractivity (Wildman–Crippen MR) is 76.9 cm³/mol. The van der Waals surface area contributed by atoms with Crippen molar-refractivity contribution in [3.8, 4) is 0 Å². The van der Waals surface area contributed by atoms with Gasteiger partial charge in [0.2, 0.25) is 0 Å². The van der Waals surface area contributed by atoms with Crippen molar-refractivity contribution in [2.24, 2.45) is 0 Å². The molecule has 2 rings (SSSR count). The average molecular weight is 259 g/mol. The molecule has 0 amide bonds. The van der Waals surface area contributed by atoms with Crippen molar-refractivity contribution in [1.82, 2.24) is 0 Å². The molecule has 0 aliphatic rings. The van der Waals surface area contributed by atoms with Crippen LogP contribution in [0.5, 0.6) is 0 Å². The van der Waals surface area contributed by atoms with Crippen LogP contribution < -0.4 is 5.73 Å². The summed E-state index contributed by atoms with van der Waals surface area (Å²) in [5.41, 5.74) is 9.76. The Labute approximate surface area is 110 Å². The van der Waals surface area contributed by atoms with Gasteiger partial charge in [-0.25, -0.2) is 0 Å². The maximum absolute atomic E-state index is 12.4. The van der Waals surface area contributed by atoms with Crippen LogP contribution in [0.3, 0.4) is 0 Å². The highest BCUT2D eigenvalue weighted by atomic mass is 32.2. The average Bonchev–Trinajstić information content (AvgIpc) is 2.35. The largest absolute Gasteiger partial charge is 0.398 e. The van der Waals surface area contributed by atoms with Gasteiger partial charge in [-0.05, 0) is 42.7 Å². The van der Waals surface area contributed by atoms with E-state index in [0.29, 0.717) is 11.4 Å². The molecule has 2 aromatic rings. The quantitative estimate of drug-likeness (QED) is 0.860. The maximum atomic E-state index is 12.4. The first kappa shape index (κ1) is 12.8. The summed E-state index contributed by atoms with van der Waals surface area (Å²) < 4.78 is 12.4. The maximum Gasteiger partial charge on any atom is 0.0577 e. The topological polar surface area (TPSA) is 43.1 Å². The van der Waals surface area contributed by atoms with Crippen molar-refractivity contribution in [1.29, 1.82) is 0 Å². The minimum atomic E-state index is -1.05. The standard InChI is InChI=1S/C15H17NOS/c1-11-6-3-4-7-13(11)10-18(17)15-9-5-8-14(16)12(15)2/h3-9H,10,16H2,1-2H3. The highest BCUT2D eigenvalue weighted by Gasteiger charge is 2.10. The Balaban J connectivity index is 2.28. The second kappa shape index (κ2) is 5.36. The molecule has 0 fully saturated rings. The fourth-order valence-corrected chi connectivity index (χ4v) is 3.32. The van der Waals surface area contributed by atoms with E-state index >= 15 is 0 Å². The lowest BCUT2D eigenvalue weighted by Gasteiger charge is -2.09. The van der Waals surface area contributed by atoms with Gasteiger partial charge in [0.25, 0.3) is 0 Å². The molecular formula is C15H17NOS. The van der Waals surface area contributed by atoms with Gasteiger partial charge in [-0.15, -0.1) is 0 Å². The van der Waals surface area contributed by atoms with Gasteiger partial charge in [0, 0.05) is 10.6 Å². The molecule has 94 valence electrons. The molecule has 1 unspecified atom stereocenters. The van der Waals surface area contributed by atoms with Crippen molar-refractivity contribution in [2.45, 2.75) is 24.5 Å². The molecule has 0 saturated heterocycles. The Bertz CT molecular complexity index is 593. The third-order valence-electron chi connectivity index (χ3n) is 3.12. The minimum absolute atomic E-state index is 0.539. The number of aryl methyl sites for hydroxylation is 1. The van der Waals surface area contributed by atoms with Crippen molar-refractivity contribution in [2.75, 3.05) is 5.73 Å². The van der Waals surface area contributed by atoms with Crippen molar-refractivity contribution in [3.05, 3.63) is 59.2 Å². The lowest BCUT2D eigenvalue weighted by Crippen LogP contribution is -2.02. The molecule has 0 aliphatic heterocycles. The van der Waals surface area contributed by atoms with Gasteiger partial charge in [-0.1, -0.05) is 30.3 Å². The number of benzene rings is 2. The van der Waals surface area contributed by atoms with Crippen LogP contribution in [0.15, 0.2) is 47.4 Å². The van der Waals surface area contributed by atoms with E-state index in [1.54, 1.807) is 0 Å². The normalized spacial score (nSPS) is 12.3. The Morgan fingerprint density at radius 2 is 1.78 bits per heavy atom. The van der Waals surface area contributed by atoms with E-state index in [2.05, 4.69) is 0 Å². The zero-order chi connectivity index (χ0) is 13.1. The van der Waals surface area contributed by atoms with E-state index in [1.165, 1.54) is 5.56 Å². The number of hydrogen-bond donors (Lipinski definition) is 1. The molecule has 0 aliphatic carbocycles. The Morgan fingerprint density at radius 1 is 1.06 bits per heavy atom. The molecule has 0 radical (unpaired) electrons. The molecule has 18 heavy (non-hydrogen) atoms. The monoisotopic (exact) mass is 259 g/mol. The smallest absolute Gasteiger partial charge is 0.0577 e. The van der Waals surface area contributed by atoms with Crippen LogP contribution in [-0.2, 0) is 16.6 Å². The van der Waals surface area contributed by atoms with Gasteiger partial charge in [0.05, 0.1) is 16.6 Å². The van der Waals surface area contributed by atoms with Gasteiger partial charge in [0.1, 0.15) is 0 Å². The molecule has 2 aromatic carbocycles. The Hall–Kier alpha value is -1.61. The summed E-state index contributed by atoms with van der Waals surface area (Å²) in [7, 11) is -1.05. The van der Waals surface area contributed by atoms with Gasteiger partial charge in [-0.3, -0.25) is 4.21 Å². The van der Waals surface area contributed by atoms with Crippen molar-refractivity contribution < 1.29 is 4.21 Å². The summed E-state index contributed by atoms with van der Waals surface area (Å²) in [6, 6.07) is 13.6. The highest BCUT2D eigenvalue weighted by Crippen LogP contribution is 2.22. The number of rotatable bonds is 3. The molecule has 2 N–H and O–H groups in total. The second-order valence-corrected chi connectivity index (χ2v) is 5.81. The first-order valence-electron chi connectivity index (χ1n) is 5.87. The first-order valence-corrected chi connectivity index (χ1v) is 7.19. The summed E-state index contributed by atoms with van der Waals surface area (Å²) >= 11 is 0. The number of hydrogen-bond acceptors (Lipinski definition) is 2. The van der Waals surface area contributed by atoms with E-state index in [4.69, 9.17) is 5.73 Å². The van der Waals surface area contributed by atoms with Crippen LogP contribution in [0, 0.1) is 13.8 Å². The van der Waals surface area contributed by atoms with Crippen LogP contribution in [0.2, 0.25) is 0 Å². The summed E-state index contributed by atoms with van der Waals surface area (Å²) in [5, 5.41) is 0. The lowest BCUT2D eigenvalue weighted by atomic mass is 10.1. The molecule has 3 heteroatoms. The molecule has 0 aromatic heterocycles. The zero-order valence-electron chi connectivity index (χ0n) is 10.6. The predicted octanol–water partition coefficient (Wildman–Crippen LogP) is 3.19. The van der Waals surface area contributed by atoms with E-state index in [1.807, 2.05) is 56.3 Å². The van der Waals surface area contributed by atoms with E-state index in [0.717, 1.165) is 16.0 Å². The van der Waals surface area contributed by atoms with Crippen LogP contribution >= 0.6 is 0 Å². The number of anilines is 1. The van der Waals surface area contributed by atoms with Crippen LogP contribution in [0.25, 0.3) is 0 Å². The molecule has 2 nitrogen and oxygen atoms in total. The Morgan fingerprint density at radius 3 is 2.50 bits per heavy atom. The van der Waals surface area contributed by atoms with Crippen molar-refractivity contribution in [3.63, 3.8) is 0 Å². The fraction of sp³-hybridized carbons (Fsp3) is 0.200. The first-order chi connectivity index (χ1) is 8.59. The highest BCUT2D eigenvalue weighted by molar-refractivity contribution is 7.84. The summed E-state index contributed by atoms with van der Waals surface area (Å²) in [5.74, 6) is 0.539. The van der Waals surface area contributed by atoms with Crippen LogP contribution in [-0.4, -0.2) is 4.21 Å². The second-order valence-electron chi connectivity index (χ2n) is 4.39. The molecule has 0 saturated carbocycles. The van der Waals surface area contributed by atoms with Gasteiger partial charge in [0.15, 0.2) is 0 Å². The third-order valence-corrected chi connectivity index (χ3v) is 4.63. The molecular weight excluding hydrogens is 242 g/mol. The summed E-state index contributed by atoms with van der Waals surface area (Å²) in [6.45, 7) is 3.96. The molecule has 0 heterocycles. The Kier molecular flexibility index (Phi) is 3.82. The van der Waals surface area contributed by atoms with Gasteiger partial charge >= 0.3 is 0 Å². The van der Waals surface area contributed by atoms with Gasteiger partial charge < -0.3 is 5.73 Å². The summed E-state index contributed by atoms with van der Waals surface area (Å²) in [4.78, 5) is 0.832. The minimum Gasteiger partial charge on any atom is -0.398 e. The van der Waals surface area contributed by atoms with Gasteiger partial charge in [-0.2, -0.15) is 0 Å². The lowest BCUT2D eigenvalue weighted by molar-refractivity contribution is 0.682. The van der Waals surface area contributed by atoms with Crippen LogP contribution in [0.1, 0.15) is 16.7 Å². The van der Waals surface area contributed by atoms with E-state index in [-0.39, 0.29) is 0 Å².